The molecule has 1 heterocycles. The average molecular weight is 528 g/mol. The van der Waals surface area contributed by atoms with Crippen LogP contribution in [-0.4, -0.2) is 4.57 Å². The third-order valence-electron chi connectivity index (χ3n) is 6.21. The normalized spacial score (nSPS) is 16.6. The zero-order valence-corrected chi connectivity index (χ0v) is 22.0. The number of rotatable bonds is 6. The van der Waals surface area contributed by atoms with Crippen molar-refractivity contribution in [2.24, 2.45) is 0 Å². The molecule has 158 valence electrons. The van der Waals surface area contributed by atoms with Gasteiger partial charge >= 0.3 is 186 Å². The van der Waals surface area contributed by atoms with Gasteiger partial charge in [-0.3, -0.25) is 0 Å². The predicted octanol–water partition coefficient (Wildman–Crippen LogP) is 1.50. The number of halogens is 2. The molecule has 3 aromatic rings. The first-order valence-corrected chi connectivity index (χ1v) is 13.4. The summed E-state index contributed by atoms with van der Waals surface area (Å²) in [7, 11) is 0. The summed E-state index contributed by atoms with van der Waals surface area (Å²) < 4.78 is 4.94. The predicted molar refractivity (Wildman–Crippen MR) is 120 cm³/mol. The van der Waals surface area contributed by atoms with Crippen molar-refractivity contribution in [2.75, 3.05) is 0 Å². The number of hydrogen-bond donors (Lipinski definition) is 0. The van der Waals surface area contributed by atoms with Crippen molar-refractivity contribution >= 4 is 22.7 Å². The molecule has 0 radical (unpaired) electrons. The van der Waals surface area contributed by atoms with Crippen LogP contribution in [0.25, 0.3) is 22.7 Å². The Balaban J connectivity index is 0.00000136. The number of aryl methyl sites for hydroxylation is 1. The van der Waals surface area contributed by atoms with Crippen molar-refractivity contribution in [3.05, 3.63) is 92.4 Å². The number of aromatic nitrogens is 1. The summed E-state index contributed by atoms with van der Waals surface area (Å²) in [5.74, 6) is 0. The number of nitrogens with zero attached hydrogens (tertiary/aromatic N) is 1. The van der Waals surface area contributed by atoms with E-state index in [4.69, 9.17) is 0 Å². The van der Waals surface area contributed by atoms with Crippen LogP contribution in [0.2, 0.25) is 0 Å². The molecule has 0 fully saturated rings. The standard InChI is InChI=1S/C18H14N.C9H13.2ClH.Zr/c1-13-10-16-8-4-5-9-18(16)19(13)17-11-14-6-2-3-7-15(14)12-17;1-2-3-6-9-7-4-5-8-9;;;/h2-12H,1H3;4,7H,2-3,5-6H2,1H3;2*1H;/q;;;;+2/p-2. The first-order valence-electron chi connectivity index (χ1n) is 10.8. The van der Waals surface area contributed by atoms with Gasteiger partial charge in [-0.2, -0.15) is 0 Å². The van der Waals surface area contributed by atoms with Gasteiger partial charge in [-0.15, -0.1) is 0 Å². The van der Waals surface area contributed by atoms with Gasteiger partial charge in [0.25, 0.3) is 0 Å². The van der Waals surface area contributed by atoms with Gasteiger partial charge in [0.2, 0.25) is 0 Å². The van der Waals surface area contributed by atoms with Gasteiger partial charge in [0.1, 0.15) is 0 Å². The minimum absolute atomic E-state index is 0. The molecule has 5 rings (SSSR count). The molecule has 4 heteroatoms. The van der Waals surface area contributed by atoms with Crippen LogP contribution >= 0.6 is 0 Å². The SMILES string of the molecule is CCCCC1=[C]([Zr+2][CH]2C(n3c(C)cc4ccccc43)=Cc3ccccc32)CC=C1.[Cl-].[Cl-]. The van der Waals surface area contributed by atoms with Gasteiger partial charge in [0, 0.05) is 0 Å². The molecule has 31 heavy (non-hydrogen) atoms. The van der Waals surface area contributed by atoms with E-state index >= 15 is 0 Å². The van der Waals surface area contributed by atoms with Crippen molar-refractivity contribution in [2.45, 2.75) is 43.2 Å². The Morgan fingerprint density at radius 3 is 2.65 bits per heavy atom. The summed E-state index contributed by atoms with van der Waals surface area (Å²) in [4.78, 5) is 0. The van der Waals surface area contributed by atoms with E-state index in [1.54, 1.807) is 11.1 Å². The molecule has 0 spiro atoms. The Kier molecular flexibility index (Phi) is 8.25. The molecule has 0 saturated carbocycles. The summed E-state index contributed by atoms with van der Waals surface area (Å²) in [6.45, 7) is 4.56. The second kappa shape index (κ2) is 10.5. The van der Waals surface area contributed by atoms with Gasteiger partial charge < -0.3 is 24.8 Å². The Bertz CT molecular complexity index is 1170. The van der Waals surface area contributed by atoms with Gasteiger partial charge in [-0.1, -0.05) is 0 Å². The number of fused-ring (bicyclic) bond motifs is 2. The van der Waals surface area contributed by atoms with Crippen LogP contribution in [0.5, 0.6) is 0 Å². The van der Waals surface area contributed by atoms with E-state index < -0.39 is 23.2 Å². The fraction of sp³-hybridized carbons (Fsp3) is 0.259. The van der Waals surface area contributed by atoms with E-state index in [1.807, 2.05) is 3.28 Å². The fourth-order valence-corrected chi connectivity index (χ4v) is 9.08. The first-order chi connectivity index (χ1) is 14.3. The van der Waals surface area contributed by atoms with E-state index in [9.17, 15) is 0 Å². The molecule has 0 amide bonds. The monoisotopic (exact) mass is 525 g/mol. The van der Waals surface area contributed by atoms with Crippen molar-refractivity contribution in [3.63, 3.8) is 0 Å². The van der Waals surface area contributed by atoms with Crippen molar-refractivity contribution in [1.82, 2.24) is 4.57 Å². The van der Waals surface area contributed by atoms with E-state index in [0.29, 0.717) is 3.63 Å². The summed E-state index contributed by atoms with van der Waals surface area (Å²) in [6.07, 6.45) is 12.4. The van der Waals surface area contributed by atoms with E-state index in [1.165, 1.54) is 53.5 Å². The van der Waals surface area contributed by atoms with Gasteiger partial charge in [0.15, 0.2) is 0 Å². The molecule has 1 nitrogen and oxygen atoms in total. The maximum Gasteiger partial charge on any atom is -1.00 e. The van der Waals surface area contributed by atoms with Crippen LogP contribution in [0.3, 0.4) is 0 Å². The maximum absolute atomic E-state index is 2.54. The number of unbranched alkanes of at least 4 members (excludes halogenated alkanes) is 1. The molecule has 1 unspecified atom stereocenters. The second-order valence-corrected chi connectivity index (χ2v) is 11.8. The average Bonchev–Trinajstić information content (AvgIpc) is 3.42. The van der Waals surface area contributed by atoms with Crippen LogP contribution in [0.15, 0.2) is 75.6 Å². The molecular weight excluding hydrogens is 500 g/mol. The van der Waals surface area contributed by atoms with E-state index in [-0.39, 0.29) is 24.8 Å². The topological polar surface area (TPSA) is 4.93 Å². The van der Waals surface area contributed by atoms with Crippen molar-refractivity contribution in [1.29, 1.82) is 0 Å². The van der Waals surface area contributed by atoms with Crippen LogP contribution in [0.4, 0.5) is 0 Å². The Morgan fingerprint density at radius 1 is 1.03 bits per heavy atom. The molecule has 2 aliphatic rings. The third-order valence-corrected chi connectivity index (χ3v) is 10.6. The fourth-order valence-electron chi connectivity index (χ4n) is 4.77. The Labute approximate surface area is 209 Å². The minimum Gasteiger partial charge on any atom is -1.00 e. The molecular formula is C27H27Cl2NZr. The number of para-hydroxylation sites is 1. The van der Waals surface area contributed by atoms with Gasteiger partial charge in [-0.25, -0.2) is 0 Å². The number of allylic oxidation sites excluding steroid dienone is 5. The summed E-state index contributed by atoms with van der Waals surface area (Å²) in [6, 6.07) is 20.3. The molecule has 1 aromatic heterocycles. The minimum atomic E-state index is -0.795. The van der Waals surface area contributed by atoms with Crippen LogP contribution in [0, 0.1) is 6.92 Å². The van der Waals surface area contributed by atoms with Crippen LogP contribution in [-0.2, 0) is 23.2 Å². The van der Waals surface area contributed by atoms with E-state index in [2.05, 4.69) is 91.2 Å². The summed E-state index contributed by atoms with van der Waals surface area (Å²) in [5, 5.41) is 1.34. The van der Waals surface area contributed by atoms with Gasteiger partial charge in [0.05, 0.1) is 0 Å². The number of benzene rings is 2. The van der Waals surface area contributed by atoms with Crippen LogP contribution in [0.1, 0.15) is 53.1 Å². The zero-order valence-electron chi connectivity index (χ0n) is 18.0. The molecule has 2 aromatic carbocycles. The molecule has 1 atom stereocenters. The number of hydrogen-bond acceptors (Lipinski definition) is 0. The van der Waals surface area contributed by atoms with Crippen LogP contribution < -0.4 is 24.8 Å². The largest absolute Gasteiger partial charge is 1.00 e. The first kappa shape index (κ1) is 24.3. The van der Waals surface area contributed by atoms with Gasteiger partial charge in [-0.05, 0) is 0 Å². The van der Waals surface area contributed by atoms with E-state index in [0.717, 1.165) is 0 Å². The zero-order chi connectivity index (χ0) is 19.8. The molecule has 0 bridgehead atoms. The molecule has 0 aliphatic heterocycles. The third kappa shape index (κ3) is 4.59. The Hall–Kier alpha value is -1.34. The smallest absolute Gasteiger partial charge is 1.00 e. The van der Waals surface area contributed by atoms with Crippen molar-refractivity contribution < 1.29 is 48.0 Å². The summed E-state index contributed by atoms with van der Waals surface area (Å²) in [5.41, 5.74) is 8.84. The second-order valence-electron chi connectivity index (χ2n) is 8.17. The Morgan fingerprint density at radius 2 is 1.81 bits per heavy atom. The quantitative estimate of drug-likeness (QED) is 0.458. The molecule has 2 aliphatic carbocycles. The maximum atomic E-state index is 2.54. The summed E-state index contributed by atoms with van der Waals surface area (Å²) >= 11 is -0.795. The van der Waals surface area contributed by atoms with Crippen molar-refractivity contribution in [3.8, 4) is 0 Å². The molecule has 0 N–H and O–H groups in total. The molecule has 0 saturated heterocycles.